The Bertz CT molecular complexity index is 495. The smallest absolute Gasteiger partial charge is 0.257 e. The number of sulfonamides is 1. The van der Waals surface area contributed by atoms with Gasteiger partial charge in [0, 0.05) is 12.0 Å². The molecule has 2 rings (SSSR count). The van der Waals surface area contributed by atoms with Crippen molar-refractivity contribution in [2.45, 2.75) is 30.3 Å². The molecule has 94 valence electrons. The predicted octanol–water partition coefficient (Wildman–Crippen LogP) is -0.207. The first-order valence-corrected chi connectivity index (χ1v) is 6.84. The molecule has 0 saturated heterocycles. The summed E-state index contributed by atoms with van der Waals surface area (Å²) >= 11 is 0. The monoisotopic (exact) mass is 257 g/mol. The first-order valence-electron chi connectivity index (χ1n) is 5.36. The summed E-state index contributed by atoms with van der Waals surface area (Å²) in [7, 11) is -3.59. The van der Waals surface area contributed by atoms with Gasteiger partial charge in [0.15, 0.2) is 5.03 Å². The molecule has 2 unspecified atom stereocenters. The van der Waals surface area contributed by atoms with Crippen molar-refractivity contribution in [2.24, 2.45) is 11.7 Å². The van der Waals surface area contributed by atoms with Gasteiger partial charge in [-0.1, -0.05) is 6.42 Å². The number of nitrogens with two attached hydrogens (primary N) is 1. The molecule has 0 radical (unpaired) electrons. The Kier molecular flexibility index (Phi) is 3.16. The Labute approximate surface area is 99.3 Å². The van der Waals surface area contributed by atoms with Crippen LogP contribution in [0.2, 0.25) is 0 Å². The lowest BCUT2D eigenvalue weighted by Gasteiger charge is -2.19. The van der Waals surface area contributed by atoms with Crippen molar-refractivity contribution in [1.29, 1.82) is 5.41 Å². The zero-order valence-corrected chi connectivity index (χ0v) is 10.00. The number of rotatable bonds is 4. The summed E-state index contributed by atoms with van der Waals surface area (Å²) in [6.45, 7) is 0. The van der Waals surface area contributed by atoms with Crippen LogP contribution in [0.15, 0.2) is 17.3 Å². The van der Waals surface area contributed by atoms with Crippen LogP contribution in [0.3, 0.4) is 0 Å². The molecule has 0 aromatic carbocycles. The summed E-state index contributed by atoms with van der Waals surface area (Å²) in [5.41, 5.74) is 5.45. The van der Waals surface area contributed by atoms with Crippen LogP contribution in [-0.4, -0.2) is 30.5 Å². The van der Waals surface area contributed by atoms with Gasteiger partial charge in [-0.2, -0.15) is 5.10 Å². The van der Waals surface area contributed by atoms with Crippen LogP contribution in [0.1, 0.15) is 19.3 Å². The molecule has 0 aliphatic heterocycles. The zero-order chi connectivity index (χ0) is 12.5. The van der Waals surface area contributed by atoms with Gasteiger partial charge in [0.05, 0.1) is 12.0 Å². The van der Waals surface area contributed by atoms with Crippen molar-refractivity contribution in [3.8, 4) is 0 Å². The molecule has 8 heteroatoms. The van der Waals surface area contributed by atoms with Crippen molar-refractivity contribution < 1.29 is 8.42 Å². The van der Waals surface area contributed by atoms with Gasteiger partial charge >= 0.3 is 0 Å². The fraction of sp³-hybridized carbons (Fsp3) is 0.556. The Hall–Kier alpha value is -1.41. The molecule has 1 aliphatic rings. The van der Waals surface area contributed by atoms with Gasteiger partial charge in [-0.15, -0.1) is 0 Å². The van der Waals surface area contributed by atoms with Crippen molar-refractivity contribution in [2.75, 3.05) is 0 Å². The van der Waals surface area contributed by atoms with Crippen molar-refractivity contribution in [1.82, 2.24) is 14.9 Å². The van der Waals surface area contributed by atoms with E-state index in [2.05, 4.69) is 14.9 Å². The topological polar surface area (TPSA) is 125 Å². The summed E-state index contributed by atoms with van der Waals surface area (Å²) in [5.74, 6) is -0.160. The maximum atomic E-state index is 11.9. The van der Waals surface area contributed by atoms with E-state index in [9.17, 15) is 8.42 Å². The van der Waals surface area contributed by atoms with E-state index < -0.39 is 10.0 Å². The van der Waals surface area contributed by atoms with Crippen LogP contribution in [0.4, 0.5) is 0 Å². The summed E-state index contributed by atoms with van der Waals surface area (Å²) in [5, 5.41) is 13.5. The standard InChI is InChI=1S/C9H15N5O2S/c10-9(11)6-2-1-3-7(6)14-17(15,16)8-4-5-12-13-8/h4-7,14H,1-3H2,(H3,10,11)(H,12,13). The maximum absolute atomic E-state index is 11.9. The average molecular weight is 257 g/mol. The predicted molar refractivity (Wildman–Crippen MR) is 62.0 cm³/mol. The number of aromatic nitrogens is 2. The number of amidine groups is 1. The molecule has 1 aromatic rings. The summed E-state index contributed by atoms with van der Waals surface area (Å²) in [4.78, 5) is 0. The molecule has 7 nitrogen and oxygen atoms in total. The summed E-state index contributed by atoms with van der Waals surface area (Å²) < 4.78 is 26.4. The van der Waals surface area contributed by atoms with E-state index >= 15 is 0 Å². The van der Waals surface area contributed by atoms with Gasteiger partial charge in [-0.25, -0.2) is 13.1 Å². The molecular formula is C9H15N5O2S. The highest BCUT2D eigenvalue weighted by Crippen LogP contribution is 2.26. The van der Waals surface area contributed by atoms with Crippen LogP contribution in [-0.2, 0) is 10.0 Å². The highest BCUT2D eigenvalue weighted by Gasteiger charge is 2.33. The van der Waals surface area contributed by atoms with Gasteiger partial charge in [-0.3, -0.25) is 10.5 Å². The second-order valence-corrected chi connectivity index (χ2v) is 5.82. The van der Waals surface area contributed by atoms with Crippen LogP contribution in [0, 0.1) is 11.3 Å². The maximum Gasteiger partial charge on any atom is 0.257 e. The molecule has 17 heavy (non-hydrogen) atoms. The van der Waals surface area contributed by atoms with E-state index in [1.54, 1.807) is 0 Å². The van der Waals surface area contributed by atoms with E-state index in [1.165, 1.54) is 12.3 Å². The quantitative estimate of drug-likeness (QED) is 0.440. The number of H-pyrrole nitrogens is 1. The van der Waals surface area contributed by atoms with E-state index in [1.807, 2.05) is 0 Å². The normalized spacial score (nSPS) is 24.9. The van der Waals surface area contributed by atoms with Gasteiger partial charge in [0.1, 0.15) is 0 Å². The molecule has 1 aromatic heterocycles. The number of hydrogen-bond donors (Lipinski definition) is 4. The second kappa shape index (κ2) is 4.46. The van der Waals surface area contributed by atoms with Gasteiger partial charge in [0.2, 0.25) is 0 Å². The molecular weight excluding hydrogens is 242 g/mol. The lowest BCUT2D eigenvalue weighted by Crippen LogP contribution is -2.42. The first-order chi connectivity index (χ1) is 8.00. The van der Waals surface area contributed by atoms with Crippen LogP contribution in [0.5, 0.6) is 0 Å². The van der Waals surface area contributed by atoms with Gasteiger partial charge in [-0.05, 0) is 18.9 Å². The highest BCUT2D eigenvalue weighted by molar-refractivity contribution is 7.89. The van der Waals surface area contributed by atoms with Crippen LogP contribution < -0.4 is 10.5 Å². The first kappa shape index (κ1) is 12.1. The lowest BCUT2D eigenvalue weighted by atomic mass is 10.0. The van der Waals surface area contributed by atoms with E-state index in [4.69, 9.17) is 11.1 Å². The summed E-state index contributed by atoms with van der Waals surface area (Å²) in [6.07, 6.45) is 3.72. The lowest BCUT2D eigenvalue weighted by molar-refractivity contribution is 0.519. The third kappa shape index (κ3) is 2.47. The van der Waals surface area contributed by atoms with E-state index in [-0.39, 0.29) is 22.8 Å². The average Bonchev–Trinajstić information content (AvgIpc) is 2.85. The van der Waals surface area contributed by atoms with Gasteiger partial charge < -0.3 is 5.73 Å². The number of aromatic amines is 1. The van der Waals surface area contributed by atoms with Crippen molar-refractivity contribution in [3.05, 3.63) is 12.3 Å². The van der Waals surface area contributed by atoms with Crippen molar-refractivity contribution in [3.63, 3.8) is 0 Å². The Balaban J connectivity index is 2.14. The molecule has 5 N–H and O–H groups in total. The number of nitrogens with zero attached hydrogens (tertiary/aromatic N) is 1. The molecule has 0 spiro atoms. The Morgan fingerprint density at radius 1 is 1.59 bits per heavy atom. The van der Waals surface area contributed by atoms with Crippen LogP contribution in [0.25, 0.3) is 0 Å². The van der Waals surface area contributed by atoms with Crippen LogP contribution >= 0.6 is 0 Å². The second-order valence-electron chi connectivity index (χ2n) is 4.14. The van der Waals surface area contributed by atoms with Crippen molar-refractivity contribution >= 4 is 15.9 Å². The molecule has 1 heterocycles. The minimum absolute atomic E-state index is 0.0340. The largest absolute Gasteiger partial charge is 0.387 e. The Morgan fingerprint density at radius 2 is 2.35 bits per heavy atom. The fourth-order valence-corrected chi connectivity index (χ4v) is 3.35. The Morgan fingerprint density at radius 3 is 2.94 bits per heavy atom. The molecule has 0 amide bonds. The fourth-order valence-electron chi connectivity index (χ4n) is 2.13. The third-order valence-electron chi connectivity index (χ3n) is 2.99. The molecule has 2 atom stereocenters. The SMILES string of the molecule is N=C(N)C1CCCC1NS(=O)(=O)c1ccn[nH]1. The minimum Gasteiger partial charge on any atom is -0.387 e. The molecule has 0 bridgehead atoms. The zero-order valence-electron chi connectivity index (χ0n) is 9.18. The van der Waals surface area contributed by atoms with E-state index in [0.717, 1.165) is 12.8 Å². The minimum atomic E-state index is -3.59. The molecule has 1 saturated carbocycles. The summed E-state index contributed by atoms with van der Waals surface area (Å²) in [6, 6.07) is 1.10. The van der Waals surface area contributed by atoms with E-state index in [0.29, 0.717) is 6.42 Å². The molecule has 1 fully saturated rings. The number of nitrogens with one attached hydrogen (secondary N) is 3. The third-order valence-corrected chi connectivity index (χ3v) is 4.41. The van der Waals surface area contributed by atoms with Gasteiger partial charge in [0.25, 0.3) is 10.0 Å². The highest BCUT2D eigenvalue weighted by atomic mass is 32.2. The molecule has 1 aliphatic carbocycles. The number of hydrogen-bond acceptors (Lipinski definition) is 4.